The molecule has 0 fully saturated rings. The molecule has 0 radical (unpaired) electrons. The molecule has 0 atom stereocenters. The molecule has 8 heteroatoms. The van der Waals surface area contributed by atoms with E-state index in [4.69, 9.17) is 10.8 Å². The van der Waals surface area contributed by atoms with E-state index in [1.807, 2.05) is 0 Å². The molecule has 0 amide bonds. The number of carboxylic acids is 1. The molecule has 0 aliphatic heterocycles. The molecule has 0 spiro atoms. The van der Waals surface area contributed by atoms with Crippen molar-refractivity contribution in [2.45, 2.75) is 0 Å². The number of fused-ring (bicyclic) bond motifs is 1. The van der Waals surface area contributed by atoms with Crippen LogP contribution in [0.2, 0.25) is 0 Å². The quantitative estimate of drug-likeness (QED) is 0.663. The van der Waals surface area contributed by atoms with E-state index >= 15 is 0 Å². The Bertz CT molecular complexity index is 787. The van der Waals surface area contributed by atoms with Crippen LogP contribution in [0.25, 0.3) is 11.0 Å². The van der Waals surface area contributed by atoms with Crippen LogP contribution in [-0.2, 0) is 14.1 Å². The number of carbonyl (C=O) groups is 1. The van der Waals surface area contributed by atoms with Gasteiger partial charge in [-0.2, -0.15) is 0 Å². The van der Waals surface area contributed by atoms with Crippen LogP contribution in [0, 0.1) is 0 Å². The molecular weight excluding hydrogens is 240 g/mol. The van der Waals surface area contributed by atoms with Crippen molar-refractivity contribution >= 4 is 22.8 Å². The molecule has 0 bridgehead atoms. The highest BCUT2D eigenvalue weighted by Gasteiger charge is 2.16. The van der Waals surface area contributed by atoms with Crippen LogP contribution in [0.3, 0.4) is 0 Å². The van der Waals surface area contributed by atoms with Crippen LogP contribution in [0.1, 0.15) is 10.4 Å². The van der Waals surface area contributed by atoms with E-state index in [0.29, 0.717) is 0 Å². The topological polar surface area (TPSA) is 120 Å². The zero-order valence-corrected chi connectivity index (χ0v) is 9.67. The largest absolute Gasteiger partial charge is 0.478 e. The minimum atomic E-state index is -1.28. The van der Waals surface area contributed by atoms with Crippen LogP contribution >= 0.6 is 0 Å². The molecule has 18 heavy (non-hydrogen) atoms. The Kier molecular flexibility index (Phi) is 2.43. The molecule has 94 valence electrons. The monoisotopic (exact) mass is 250 g/mol. The molecule has 2 rings (SSSR count). The first-order valence-electron chi connectivity index (χ1n) is 4.94. The summed E-state index contributed by atoms with van der Waals surface area (Å²) in [6, 6.07) is 1.13. The van der Waals surface area contributed by atoms with Gasteiger partial charge in [-0.05, 0) is 6.07 Å². The molecule has 2 aromatic heterocycles. The lowest BCUT2D eigenvalue weighted by molar-refractivity contribution is 0.0698. The maximum atomic E-state index is 11.9. The number of hydrogen-bond donors (Lipinski definition) is 2. The predicted octanol–water partition coefficient (Wildman–Crippen LogP) is -1.09. The number of aryl methyl sites for hydroxylation is 1. The first kappa shape index (κ1) is 11.8. The van der Waals surface area contributed by atoms with Crippen molar-refractivity contribution in [2.75, 3.05) is 5.73 Å². The summed E-state index contributed by atoms with van der Waals surface area (Å²) in [6.45, 7) is 0. The lowest BCUT2D eigenvalue weighted by atomic mass is 10.2. The smallest absolute Gasteiger partial charge is 0.339 e. The molecule has 0 unspecified atom stereocenters. The van der Waals surface area contributed by atoms with Gasteiger partial charge in [0.15, 0.2) is 5.65 Å². The Morgan fingerprint density at radius 3 is 2.50 bits per heavy atom. The van der Waals surface area contributed by atoms with Crippen LogP contribution in [0.5, 0.6) is 0 Å². The van der Waals surface area contributed by atoms with E-state index in [1.54, 1.807) is 0 Å². The highest BCUT2D eigenvalue weighted by Crippen LogP contribution is 2.14. The van der Waals surface area contributed by atoms with Crippen molar-refractivity contribution in [3.05, 3.63) is 32.5 Å². The molecule has 2 aromatic rings. The van der Waals surface area contributed by atoms with Crippen LogP contribution in [-0.4, -0.2) is 25.2 Å². The Labute approximate surface area is 99.9 Å². The summed E-state index contributed by atoms with van der Waals surface area (Å²) in [5, 5.41) is 8.95. The fourth-order valence-electron chi connectivity index (χ4n) is 1.68. The maximum Gasteiger partial charge on any atom is 0.339 e. The van der Waals surface area contributed by atoms with Gasteiger partial charge in [-0.1, -0.05) is 0 Å². The minimum absolute atomic E-state index is 0.0335. The van der Waals surface area contributed by atoms with Gasteiger partial charge in [0.05, 0.1) is 5.39 Å². The van der Waals surface area contributed by atoms with Crippen molar-refractivity contribution < 1.29 is 9.90 Å². The van der Waals surface area contributed by atoms with Crippen molar-refractivity contribution in [3.8, 4) is 0 Å². The highest BCUT2D eigenvalue weighted by atomic mass is 16.4. The summed E-state index contributed by atoms with van der Waals surface area (Å²) in [7, 11) is 2.73. The molecule has 0 aliphatic carbocycles. The van der Waals surface area contributed by atoms with Gasteiger partial charge in [-0.25, -0.2) is 14.6 Å². The third-order valence-corrected chi connectivity index (χ3v) is 2.69. The van der Waals surface area contributed by atoms with Gasteiger partial charge in [0.25, 0.3) is 5.56 Å². The van der Waals surface area contributed by atoms with Gasteiger partial charge in [-0.15, -0.1) is 0 Å². The van der Waals surface area contributed by atoms with Gasteiger partial charge >= 0.3 is 11.7 Å². The van der Waals surface area contributed by atoms with Gasteiger partial charge < -0.3 is 10.8 Å². The number of aromatic carboxylic acids is 1. The second-order valence-electron chi connectivity index (χ2n) is 3.80. The van der Waals surface area contributed by atoms with E-state index < -0.39 is 17.2 Å². The first-order chi connectivity index (χ1) is 8.34. The summed E-state index contributed by atoms with van der Waals surface area (Å²) in [6.07, 6.45) is 0. The minimum Gasteiger partial charge on any atom is -0.478 e. The number of nitrogen functional groups attached to an aromatic ring is 1. The Hall–Kier alpha value is -2.64. The van der Waals surface area contributed by atoms with Gasteiger partial charge in [0.1, 0.15) is 11.4 Å². The van der Waals surface area contributed by atoms with Crippen LogP contribution in [0.15, 0.2) is 15.7 Å². The first-order valence-corrected chi connectivity index (χ1v) is 4.94. The van der Waals surface area contributed by atoms with Crippen LogP contribution < -0.4 is 17.0 Å². The number of nitrogens with zero attached hydrogens (tertiary/aromatic N) is 3. The highest BCUT2D eigenvalue weighted by molar-refractivity contribution is 5.96. The number of aromatic nitrogens is 3. The lowest BCUT2D eigenvalue weighted by Crippen LogP contribution is -2.37. The average molecular weight is 250 g/mol. The number of anilines is 1. The zero-order chi connectivity index (χ0) is 13.6. The van der Waals surface area contributed by atoms with Gasteiger partial charge in [0.2, 0.25) is 0 Å². The predicted molar refractivity (Wildman–Crippen MR) is 63.6 cm³/mol. The van der Waals surface area contributed by atoms with Crippen molar-refractivity contribution in [3.63, 3.8) is 0 Å². The van der Waals surface area contributed by atoms with E-state index in [0.717, 1.165) is 15.2 Å². The maximum absolute atomic E-state index is 11.9. The third kappa shape index (κ3) is 1.46. The number of carboxylic acid groups (broad SMARTS) is 1. The standard InChI is InChI=1S/C10H10N4O4/c1-13-7-5(8(15)14(2)10(13)18)3-4(9(16)17)6(11)12-7/h3H,1-2H3,(H2,11,12)(H,16,17). The van der Waals surface area contributed by atoms with Crippen molar-refractivity contribution in [1.29, 1.82) is 0 Å². The van der Waals surface area contributed by atoms with Crippen molar-refractivity contribution in [1.82, 2.24) is 14.1 Å². The molecule has 2 heterocycles. The summed E-state index contributed by atoms with van der Waals surface area (Å²) in [5.74, 6) is -1.52. The molecule has 8 nitrogen and oxygen atoms in total. The van der Waals surface area contributed by atoms with E-state index in [9.17, 15) is 14.4 Å². The summed E-state index contributed by atoms with van der Waals surface area (Å²) < 4.78 is 2.02. The van der Waals surface area contributed by atoms with Gasteiger partial charge in [-0.3, -0.25) is 13.9 Å². The number of rotatable bonds is 1. The lowest BCUT2D eigenvalue weighted by Gasteiger charge is -2.08. The summed E-state index contributed by atoms with van der Waals surface area (Å²) in [5.41, 5.74) is 4.11. The average Bonchev–Trinajstić information content (AvgIpc) is 2.33. The fraction of sp³-hybridized carbons (Fsp3) is 0.200. The zero-order valence-electron chi connectivity index (χ0n) is 9.67. The Balaban J connectivity index is 3.09. The van der Waals surface area contributed by atoms with E-state index in [1.165, 1.54) is 14.1 Å². The number of pyridine rings is 1. The molecule has 0 saturated heterocycles. The second-order valence-corrected chi connectivity index (χ2v) is 3.80. The summed E-state index contributed by atoms with van der Waals surface area (Å²) in [4.78, 5) is 38.2. The number of hydrogen-bond acceptors (Lipinski definition) is 5. The molecule has 0 aromatic carbocycles. The fourth-order valence-corrected chi connectivity index (χ4v) is 1.68. The van der Waals surface area contributed by atoms with Crippen LogP contribution in [0.4, 0.5) is 5.82 Å². The second kappa shape index (κ2) is 3.69. The number of nitrogens with two attached hydrogens (primary N) is 1. The Morgan fingerprint density at radius 1 is 1.33 bits per heavy atom. The van der Waals surface area contributed by atoms with Crippen molar-refractivity contribution in [2.24, 2.45) is 14.1 Å². The molecule has 3 N–H and O–H groups in total. The molecule has 0 saturated carbocycles. The van der Waals surface area contributed by atoms with E-state index in [-0.39, 0.29) is 22.4 Å². The Morgan fingerprint density at radius 2 is 1.94 bits per heavy atom. The van der Waals surface area contributed by atoms with E-state index in [2.05, 4.69) is 4.98 Å². The molecule has 0 aliphatic rings. The normalized spacial score (nSPS) is 10.8. The van der Waals surface area contributed by atoms with Gasteiger partial charge in [0, 0.05) is 14.1 Å². The SMILES string of the molecule is Cn1c(=O)c2cc(C(=O)O)c(N)nc2n(C)c1=O. The molecular formula is C10H10N4O4. The third-order valence-electron chi connectivity index (χ3n) is 2.69. The summed E-state index contributed by atoms with van der Waals surface area (Å²) >= 11 is 0.